The number of ether oxygens (including phenoxy) is 1. The molecule has 48 heavy (non-hydrogen) atoms. The molecule has 3 amide bonds. The Kier molecular flexibility index (Phi) is 41.9. The zero-order chi connectivity index (χ0) is 37.2. The van der Waals surface area contributed by atoms with Crippen LogP contribution >= 0.6 is 0 Å². The summed E-state index contributed by atoms with van der Waals surface area (Å²) in [6.45, 7) is 24.5. The average Bonchev–Trinajstić information content (AvgIpc) is 3.48. The van der Waals surface area contributed by atoms with Gasteiger partial charge in [-0.05, 0) is 13.0 Å². The first-order chi connectivity index (χ1) is 22.6. The maximum absolute atomic E-state index is 12.3. The van der Waals surface area contributed by atoms with E-state index in [1.165, 1.54) is 30.3 Å². The third-order valence-electron chi connectivity index (χ3n) is 4.58. The standard InChI is InChI=1S/C24H29N7O5.4C2H6.CH4O2.Ir/c1-5-7-17(8-6-2)28-19(32)9-10-21(34)36-12-11-25-20(33)14-31-15-27-18-13-26-24(29-22(18)31)30-23(35)16(3)4;4*1-2;1-3-2;/h7,13,15-17H,1,9-12,14H2,2-4H3,(H,25,33)(H,28,32)(H,26,29,30,35);4*1-2H3;2H,1H3;/t17-;;;;;;/m1....../s1. The van der Waals surface area contributed by atoms with Crippen molar-refractivity contribution in [1.29, 1.82) is 0 Å². The summed E-state index contributed by atoms with van der Waals surface area (Å²) < 4.78 is 6.56. The molecule has 4 N–H and O–H groups in total. The third-order valence-corrected chi connectivity index (χ3v) is 4.58. The first-order valence-corrected chi connectivity index (χ1v) is 15.8. The molecular formula is C33H57IrN7O7. The predicted octanol–water partition coefficient (Wildman–Crippen LogP) is 4.92. The van der Waals surface area contributed by atoms with Gasteiger partial charge in [0.1, 0.15) is 24.7 Å². The maximum atomic E-state index is 12.3. The summed E-state index contributed by atoms with van der Waals surface area (Å²) in [7, 11) is 1.18. The molecule has 0 aliphatic rings. The van der Waals surface area contributed by atoms with Crippen LogP contribution in [0.3, 0.4) is 0 Å². The van der Waals surface area contributed by atoms with Crippen LogP contribution in [0.25, 0.3) is 11.2 Å². The first kappa shape index (κ1) is 53.6. The number of nitrogens with zero attached hydrogens (tertiary/aromatic N) is 4. The molecular weight excluding hydrogens is 799 g/mol. The number of amides is 3. The fraction of sp³-hybridized carbons (Fsp3) is 0.576. The molecule has 0 bridgehead atoms. The molecule has 1 atom stereocenters. The number of carbonyl (C=O) groups is 4. The van der Waals surface area contributed by atoms with Crippen molar-refractivity contribution >= 4 is 40.8 Å². The number of imidazole rings is 1. The van der Waals surface area contributed by atoms with Gasteiger partial charge in [-0.25, -0.2) is 14.9 Å². The molecule has 0 unspecified atom stereocenters. The van der Waals surface area contributed by atoms with Gasteiger partial charge in [0.05, 0.1) is 32.6 Å². The van der Waals surface area contributed by atoms with Crippen molar-refractivity contribution in [3.63, 3.8) is 0 Å². The minimum absolute atomic E-state index is 0. The molecule has 0 spiro atoms. The minimum Gasteiger partial charge on any atom is -0.464 e. The number of anilines is 1. The van der Waals surface area contributed by atoms with E-state index in [-0.39, 0.29) is 82.2 Å². The van der Waals surface area contributed by atoms with Crippen LogP contribution in [0.2, 0.25) is 0 Å². The van der Waals surface area contributed by atoms with Crippen LogP contribution < -0.4 is 16.0 Å². The number of nitrogens with one attached hydrogen (secondary N) is 3. The van der Waals surface area contributed by atoms with E-state index in [2.05, 4.69) is 59.9 Å². The van der Waals surface area contributed by atoms with Crippen molar-refractivity contribution in [2.24, 2.45) is 5.92 Å². The Morgan fingerprint density at radius 3 is 2.12 bits per heavy atom. The summed E-state index contributed by atoms with van der Waals surface area (Å²) in [5.41, 5.74) is 3.41. The van der Waals surface area contributed by atoms with Crippen molar-refractivity contribution in [2.75, 3.05) is 25.6 Å². The monoisotopic (exact) mass is 856 g/mol. The minimum atomic E-state index is -0.565. The molecule has 0 aromatic carbocycles. The van der Waals surface area contributed by atoms with Crippen LogP contribution in [0.15, 0.2) is 30.9 Å². The van der Waals surface area contributed by atoms with Crippen LogP contribution in [-0.2, 0) is 55.5 Å². The molecule has 1 radical (unpaired) electrons. The van der Waals surface area contributed by atoms with E-state index in [1.54, 1.807) is 20.8 Å². The second-order valence-electron chi connectivity index (χ2n) is 7.98. The van der Waals surface area contributed by atoms with E-state index in [0.717, 1.165) is 0 Å². The molecule has 275 valence electrons. The number of rotatable bonds is 12. The zero-order valence-corrected chi connectivity index (χ0v) is 33.0. The molecule has 2 aromatic heterocycles. The Labute approximate surface area is 300 Å². The molecule has 0 aliphatic heterocycles. The van der Waals surface area contributed by atoms with Crippen LogP contribution in [0, 0.1) is 17.8 Å². The normalized spacial score (nSPS) is 9.12. The van der Waals surface area contributed by atoms with Crippen LogP contribution in [0.1, 0.15) is 89.0 Å². The molecule has 0 saturated heterocycles. The van der Waals surface area contributed by atoms with E-state index in [1.807, 2.05) is 55.4 Å². The molecule has 0 saturated carbocycles. The number of carbonyl (C=O) groups excluding carboxylic acids is 4. The molecule has 0 fully saturated rings. The summed E-state index contributed by atoms with van der Waals surface area (Å²) in [4.78, 5) is 63.6. The van der Waals surface area contributed by atoms with Gasteiger partial charge >= 0.3 is 5.97 Å². The Bertz CT molecular complexity index is 1250. The van der Waals surface area contributed by atoms with Crippen molar-refractivity contribution < 1.29 is 54.2 Å². The Morgan fingerprint density at radius 2 is 1.60 bits per heavy atom. The predicted molar refractivity (Wildman–Crippen MR) is 186 cm³/mol. The third kappa shape index (κ3) is 26.2. The second-order valence-corrected chi connectivity index (χ2v) is 7.98. The SMILES string of the molecule is C=C=C[C@H](C#CC)NC(=O)CCC(=O)OCCNC(=O)Cn1cnc2cnc(NC(=O)C(C)C)nc21.CC.CC.CC.CC.COO.[Ir]. The molecule has 2 heterocycles. The summed E-state index contributed by atoms with van der Waals surface area (Å²) in [6, 6.07) is -0.518. The van der Waals surface area contributed by atoms with Gasteiger partial charge in [-0.1, -0.05) is 81.7 Å². The average molecular weight is 856 g/mol. The fourth-order valence-electron chi connectivity index (χ4n) is 2.78. The number of aromatic nitrogens is 4. The van der Waals surface area contributed by atoms with Gasteiger partial charge in [-0.3, -0.25) is 29.8 Å². The van der Waals surface area contributed by atoms with Gasteiger partial charge in [0.15, 0.2) is 5.65 Å². The molecule has 14 nitrogen and oxygen atoms in total. The number of esters is 1. The fourth-order valence-corrected chi connectivity index (χ4v) is 2.78. The second kappa shape index (κ2) is 37.5. The van der Waals surface area contributed by atoms with Crippen LogP contribution in [0.4, 0.5) is 5.95 Å². The quantitative estimate of drug-likeness (QED) is 0.0571. The van der Waals surface area contributed by atoms with Crippen LogP contribution in [-0.4, -0.2) is 74.8 Å². The van der Waals surface area contributed by atoms with Crippen molar-refractivity contribution in [1.82, 2.24) is 30.2 Å². The van der Waals surface area contributed by atoms with Crippen molar-refractivity contribution in [2.45, 2.75) is 102 Å². The van der Waals surface area contributed by atoms with Gasteiger partial charge < -0.3 is 19.9 Å². The van der Waals surface area contributed by atoms with Crippen LogP contribution in [0.5, 0.6) is 0 Å². The number of fused-ring (bicyclic) bond motifs is 1. The zero-order valence-electron chi connectivity index (χ0n) is 30.6. The number of hydrogen-bond donors (Lipinski definition) is 4. The smallest absolute Gasteiger partial charge is 0.306 e. The van der Waals surface area contributed by atoms with Gasteiger partial charge in [0.2, 0.25) is 23.7 Å². The molecule has 15 heteroatoms. The van der Waals surface area contributed by atoms with Crippen molar-refractivity contribution in [3.05, 3.63) is 30.9 Å². The van der Waals surface area contributed by atoms with E-state index in [9.17, 15) is 19.2 Å². The van der Waals surface area contributed by atoms with E-state index >= 15 is 0 Å². The Hall–Kier alpha value is -3.92. The van der Waals surface area contributed by atoms with E-state index < -0.39 is 12.0 Å². The Morgan fingerprint density at radius 1 is 1.02 bits per heavy atom. The van der Waals surface area contributed by atoms with Crippen molar-refractivity contribution in [3.8, 4) is 11.8 Å². The molecule has 0 aliphatic carbocycles. The Balaban J connectivity index is -0.000000461. The van der Waals surface area contributed by atoms with E-state index in [4.69, 9.17) is 9.99 Å². The number of hydrogen-bond acceptors (Lipinski definition) is 10. The largest absolute Gasteiger partial charge is 0.464 e. The maximum Gasteiger partial charge on any atom is 0.306 e. The molecule has 2 rings (SSSR count). The summed E-state index contributed by atoms with van der Waals surface area (Å²) in [5, 5.41) is 14.9. The molecule has 2 aromatic rings. The van der Waals surface area contributed by atoms with Gasteiger partial charge in [0, 0.05) is 32.4 Å². The topological polar surface area (TPSA) is 187 Å². The summed E-state index contributed by atoms with van der Waals surface area (Å²) in [5.74, 6) is 3.83. The first-order valence-electron chi connectivity index (χ1n) is 15.8. The van der Waals surface area contributed by atoms with Gasteiger partial charge in [0.25, 0.3) is 0 Å². The summed E-state index contributed by atoms with van der Waals surface area (Å²) in [6.07, 6.45) is 4.24. The van der Waals surface area contributed by atoms with Gasteiger partial charge in [-0.15, -0.1) is 11.7 Å². The van der Waals surface area contributed by atoms with Gasteiger partial charge in [-0.2, -0.15) is 4.98 Å². The van der Waals surface area contributed by atoms with E-state index in [0.29, 0.717) is 11.2 Å². The summed E-state index contributed by atoms with van der Waals surface area (Å²) >= 11 is 0.